The van der Waals surface area contributed by atoms with Crippen LogP contribution in [0, 0.1) is 35.0 Å². The lowest BCUT2D eigenvalue weighted by Crippen LogP contribution is -2.50. The summed E-state index contributed by atoms with van der Waals surface area (Å²) in [4.78, 5) is 11.8. The Bertz CT molecular complexity index is 394. The minimum Gasteiger partial charge on any atom is -0.481 e. The predicted molar refractivity (Wildman–Crippen MR) is 77.2 cm³/mol. The summed E-state index contributed by atoms with van der Waals surface area (Å²) in [7, 11) is 0. The normalized spacial score (nSPS) is 51.4. The molecule has 0 bridgehead atoms. The fraction of sp³-hybridized carbons (Fsp3) is 0.941. The van der Waals surface area contributed by atoms with Crippen LogP contribution in [0.2, 0.25) is 0 Å². The van der Waals surface area contributed by atoms with Crippen molar-refractivity contribution in [2.75, 3.05) is 0 Å². The van der Waals surface area contributed by atoms with E-state index >= 15 is 0 Å². The van der Waals surface area contributed by atoms with Gasteiger partial charge in [-0.15, -0.1) is 0 Å². The first-order chi connectivity index (χ1) is 9.49. The fourth-order valence-corrected chi connectivity index (χ4v) is 5.93. The summed E-state index contributed by atoms with van der Waals surface area (Å²) >= 11 is 0. The Morgan fingerprint density at radius 1 is 1.15 bits per heavy atom. The second-order valence-corrected chi connectivity index (χ2v) is 7.68. The Balaban J connectivity index is 1.87. The SMILES string of the molecule is CC[C@@H]1CC[C@@H]2[C@H](CC[C@]3(C)[C@@H](O)CC[C@@H]23)[C@H]1C(=O)O. The predicted octanol–water partition coefficient (Wildman–Crippen LogP) is 3.31. The molecular formula is C17H28O3. The second-order valence-electron chi connectivity index (χ2n) is 7.68. The Morgan fingerprint density at radius 2 is 1.90 bits per heavy atom. The summed E-state index contributed by atoms with van der Waals surface area (Å²) in [6.45, 7) is 4.38. The highest BCUT2D eigenvalue weighted by Gasteiger charge is 2.57. The lowest BCUT2D eigenvalue weighted by molar-refractivity contribution is -0.155. The van der Waals surface area contributed by atoms with Crippen molar-refractivity contribution in [3.05, 3.63) is 0 Å². The van der Waals surface area contributed by atoms with Gasteiger partial charge in [-0.05, 0) is 67.6 Å². The van der Waals surface area contributed by atoms with Crippen LogP contribution >= 0.6 is 0 Å². The third kappa shape index (κ3) is 1.93. The van der Waals surface area contributed by atoms with Crippen LogP contribution in [-0.2, 0) is 4.79 Å². The van der Waals surface area contributed by atoms with E-state index in [0.29, 0.717) is 23.7 Å². The lowest BCUT2D eigenvalue weighted by atomic mass is 9.52. The third-order valence-electron chi connectivity index (χ3n) is 7.09. The molecule has 0 amide bonds. The third-order valence-corrected chi connectivity index (χ3v) is 7.09. The zero-order valence-corrected chi connectivity index (χ0v) is 12.7. The van der Waals surface area contributed by atoms with Gasteiger partial charge in [0.1, 0.15) is 0 Å². The van der Waals surface area contributed by atoms with Crippen LogP contribution in [0.25, 0.3) is 0 Å². The molecule has 3 heteroatoms. The van der Waals surface area contributed by atoms with E-state index < -0.39 is 5.97 Å². The lowest BCUT2D eigenvalue weighted by Gasteiger charge is -2.53. The summed E-state index contributed by atoms with van der Waals surface area (Å²) in [5.74, 6) is 1.10. The van der Waals surface area contributed by atoms with E-state index in [1.165, 1.54) is 6.42 Å². The molecule has 3 rings (SSSR count). The van der Waals surface area contributed by atoms with Crippen LogP contribution in [0.5, 0.6) is 0 Å². The molecule has 0 heterocycles. The Morgan fingerprint density at radius 3 is 2.55 bits per heavy atom. The molecule has 3 aliphatic rings. The number of carbonyl (C=O) groups is 1. The van der Waals surface area contributed by atoms with Crippen LogP contribution in [0.3, 0.4) is 0 Å². The fourth-order valence-electron chi connectivity index (χ4n) is 5.93. The average Bonchev–Trinajstić information content (AvgIpc) is 2.73. The number of hydrogen-bond donors (Lipinski definition) is 2. The van der Waals surface area contributed by atoms with Gasteiger partial charge in [0.05, 0.1) is 12.0 Å². The molecule has 0 saturated heterocycles. The first-order valence-electron chi connectivity index (χ1n) is 8.40. The van der Waals surface area contributed by atoms with Crippen molar-refractivity contribution >= 4 is 5.97 Å². The molecule has 114 valence electrons. The number of carboxylic acids is 1. The summed E-state index contributed by atoms with van der Waals surface area (Å²) in [5, 5.41) is 20.0. The molecule has 3 saturated carbocycles. The number of aliphatic hydroxyl groups is 1. The summed E-state index contributed by atoms with van der Waals surface area (Å²) in [6.07, 6.45) is 7.10. The van der Waals surface area contributed by atoms with Crippen molar-refractivity contribution < 1.29 is 15.0 Å². The van der Waals surface area contributed by atoms with Crippen molar-refractivity contribution in [3.63, 3.8) is 0 Å². The molecule has 0 aromatic rings. The number of rotatable bonds is 2. The topological polar surface area (TPSA) is 57.5 Å². The largest absolute Gasteiger partial charge is 0.481 e. The van der Waals surface area contributed by atoms with E-state index in [0.717, 1.165) is 38.5 Å². The van der Waals surface area contributed by atoms with Gasteiger partial charge in [-0.2, -0.15) is 0 Å². The van der Waals surface area contributed by atoms with Crippen LogP contribution in [0.15, 0.2) is 0 Å². The quantitative estimate of drug-likeness (QED) is 0.816. The van der Waals surface area contributed by atoms with Crippen molar-refractivity contribution in [2.24, 2.45) is 35.0 Å². The first-order valence-corrected chi connectivity index (χ1v) is 8.40. The van der Waals surface area contributed by atoms with Gasteiger partial charge in [0.25, 0.3) is 0 Å². The van der Waals surface area contributed by atoms with E-state index in [2.05, 4.69) is 13.8 Å². The number of fused-ring (bicyclic) bond motifs is 3. The molecule has 3 nitrogen and oxygen atoms in total. The molecule has 0 aromatic heterocycles. The first kappa shape index (κ1) is 14.4. The van der Waals surface area contributed by atoms with Gasteiger partial charge in [-0.3, -0.25) is 4.79 Å². The molecule has 20 heavy (non-hydrogen) atoms. The van der Waals surface area contributed by atoms with Crippen LogP contribution in [-0.4, -0.2) is 22.3 Å². The van der Waals surface area contributed by atoms with Crippen LogP contribution < -0.4 is 0 Å². The Hall–Kier alpha value is -0.570. The molecular weight excluding hydrogens is 252 g/mol. The van der Waals surface area contributed by atoms with Gasteiger partial charge < -0.3 is 10.2 Å². The number of aliphatic hydroxyl groups excluding tert-OH is 1. The smallest absolute Gasteiger partial charge is 0.307 e. The molecule has 0 spiro atoms. The number of carboxylic acid groups (broad SMARTS) is 1. The molecule has 0 unspecified atom stereocenters. The van der Waals surface area contributed by atoms with E-state index in [-0.39, 0.29) is 17.4 Å². The molecule has 2 N–H and O–H groups in total. The van der Waals surface area contributed by atoms with Crippen molar-refractivity contribution in [2.45, 2.75) is 64.9 Å². The van der Waals surface area contributed by atoms with E-state index in [4.69, 9.17) is 0 Å². The van der Waals surface area contributed by atoms with Crippen LogP contribution in [0.1, 0.15) is 58.8 Å². The van der Waals surface area contributed by atoms with Gasteiger partial charge in [-0.25, -0.2) is 0 Å². The molecule has 3 fully saturated rings. The molecule has 7 atom stereocenters. The average molecular weight is 280 g/mol. The molecule has 0 aliphatic heterocycles. The highest BCUT2D eigenvalue weighted by atomic mass is 16.4. The molecule has 0 radical (unpaired) electrons. The maximum absolute atomic E-state index is 11.8. The van der Waals surface area contributed by atoms with E-state index in [1.807, 2.05) is 0 Å². The number of hydrogen-bond acceptors (Lipinski definition) is 2. The van der Waals surface area contributed by atoms with Gasteiger partial charge in [0.2, 0.25) is 0 Å². The Labute approximate surface area is 121 Å². The second kappa shape index (κ2) is 5.01. The highest BCUT2D eigenvalue weighted by molar-refractivity contribution is 5.71. The zero-order chi connectivity index (χ0) is 14.5. The summed E-state index contributed by atoms with van der Waals surface area (Å²) < 4.78 is 0. The van der Waals surface area contributed by atoms with Crippen molar-refractivity contribution in [1.82, 2.24) is 0 Å². The minimum absolute atomic E-state index is 0.0588. The minimum atomic E-state index is -0.575. The number of aliphatic carboxylic acids is 1. The van der Waals surface area contributed by atoms with E-state index in [9.17, 15) is 15.0 Å². The van der Waals surface area contributed by atoms with Crippen molar-refractivity contribution in [1.29, 1.82) is 0 Å². The maximum atomic E-state index is 11.8. The molecule has 3 aliphatic carbocycles. The van der Waals surface area contributed by atoms with Crippen LogP contribution in [0.4, 0.5) is 0 Å². The highest BCUT2D eigenvalue weighted by Crippen LogP contribution is 2.61. The van der Waals surface area contributed by atoms with Crippen molar-refractivity contribution in [3.8, 4) is 0 Å². The summed E-state index contributed by atoms with van der Waals surface area (Å²) in [6, 6.07) is 0. The van der Waals surface area contributed by atoms with E-state index in [1.54, 1.807) is 0 Å². The maximum Gasteiger partial charge on any atom is 0.307 e. The van der Waals surface area contributed by atoms with Gasteiger partial charge in [0, 0.05) is 0 Å². The standard InChI is InChI=1S/C17H28O3/c1-3-10-4-5-11-12(15(10)16(19)20)8-9-17(2)13(11)6-7-14(17)18/h10-15,18H,3-9H2,1-2H3,(H,19,20)/t10-,11-,12+,13+,14+,15+,17+/m1/s1. The zero-order valence-electron chi connectivity index (χ0n) is 12.7. The molecule has 0 aromatic carbocycles. The van der Waals surface area contributed by atoms with Gasteiger partial charge in [0.15, 0.2) is 0 Å². The monoisotopic (exact) mass is 280 g/mol. The Kier molecular flexibility index (Phi) is 3.60. The van der Waals surface area contributed by atoms with Gasteiger partial charge >= 0.3 is 5.97 Å². The summed E-state index contributed by atoms with van der Waals surface area (Å²) in [5.41, 5.74) is 0.0588. The van der Waals surface area contributed by atoms with Gasteiger partial charge in [-0.1, -0.05) is 20.3 Å².